The van der Waals surface area contributed by atoms with Crippen molar-refractivity contribution < 1.29 is 24.2 Å². The van der Waals surface area contributed by atoms with Gasteiger partial charge in [-0.1, -0.05) is 125 Å². The largest absolute Gasteiger partial charge is 0.463 e. The summed E-state index contributed by atoms with van der Waals surface area (Å²) in [6, 6.07) is 0. The smallest absolute Gasteiger partial charge is 0.305 e. The Hall–Kier alpha value is -2.66. The monoisotopic (exact) mass is 641 g/mol. The first-order valence-electron chi connectivity index (χ1n) is 18.5. The number of hydrogen-bond acceptors (Lipinski definition) is 5. The summed E-state index contributed by atoms with van der Waals surface area (Å²) in [6.07, 6.45) is 48.0. The van der Waals surface area contributed by atoms with Crippen molar-refractivity contribution in [3.63, 3.8) is 0 Å². The zero-order valence-corrected chi connectivity index (χ0v) is 29.6. The molecule has 0 aliphatic heterocycles. The van der Waals surface area contributed by atoms with Crippen molar-refractivity contribution in [3.8, 4) is 0 Å². The predicted molar refractivity (Wildman–Crippen MR) is 196 cm³/mol. The lowest BCUT2D eigenvalue weighted by Crippen LogP contribution is -2.25. The van der Waals surface area contributed by atoms with Gasteiger partial charge in [0.05, 0.1) is 0 Å². The molecule has 0 aromatic heterocycles. The Morgan fingerprint density at radius 2 is 0.761 bits per heavy atom. The molecule has 0 aromatic rings. The van der Waals surface area contributed by atoms with Crippen molar-refractivity contribution in [2.45, 2.75) is 161 Å². The molecule has 0 unspecified atom stereocenters. The van der Waals surface area contributed by atoms with Gasteiger partial charge in [0.15, 0.2) is 0 Å². The van der Waals surface area contributed by atoms with Crippen LogP contribution in [0.1, 0.15) is 155 Å². The van der Waals surface area contributed by atoms with Crippen molar-refractivity contribution in [3.05, 3.63) is 72.9 Å². The molecule has 0 radical (unpaired) electrons. The van der Waals surface area contributed by atoms with Gasteiger partial charge in [0.1, 0.15) is 19.3 Å². The number of aliphatic hydroxyl groups is 1. The van der Waals surface area contributed by atoms with E-state index in [1.165, 1.54) is 51.4 Å². The minimum atomic E-state index is -0.992. The molecule has 46 heavy (non-hydrogen) atoms. The predicted octanol–water partition coefficient (Wildman–Crippen LogP) is 11.4. The van der Waals surface area contributed by atoms with Gasteiger partial charge in [0.25, 0.3) is 0 Å². The summed E-state index contributed by atoms with van der Waals surface area (Å²) >= 11 is 0. The fourth-order valence-electron chi connectivity index (χ4n) is 4.57. The summed E-state index contributed by atoms with van der Waals surface area (Å²) in [6.45, 7) is 4.17. The summed E-state index contributed by atoms with van der Waals surface area (Å²) in [5.41, 5.74) is 0. The van der Waals surface area contributed by atoms with E-state index in [0.717, 1.165) is 77.0 Å². The number of esters is 2. The number of ether oxygens (including phenoxy) is 2. The molecule has 1 N–H and O–H groups in total. The van der Waals surface area contributed by atoms with Crippen LogP contribution in [-0.4, -0.2) is 36.4 Å². The van der Waals surface area contributed by atoms with Gasteiger partial charge >= 0.3 is 11.9 Å². The second-order valence-corrected chi connectivity index (χ2v) is 12.0. The zero-order chi connectivity index (χ0) is 33.6. The van der Waals surface area contributed by atoms with Crippen LogP contribution < -0.4 is 0 Å². The fourth-order valence-corrected chi connectivity index (χ4v) is 4.57. The minimum Gasteiger partial charge on any atom is -0.463 e. The molecular weight excluding hydrogens is 572 g/mol. The third kappa shape index (κ3) is 35.8. The fraction of sp³-hybridized carbons (Fsp3) is 0.659. The van der Waals surface area contributed by atoms with Crippen molar-refractivity contribution in [1.29, 1.82) is 0 Å². The van der Waals surface area contributed by atoms with Crippen LogP contribution in [0.2, 0.25) is 0 Å². The quantitative estimate of drug-likeness (QED) is 0.0450. The van der Waals surface area contributed by atoms with Crippen LogP contribution in [0.25, 0.3) is 0 Å². The topological polar surface area (TPSA) is 72.8 Å². The Morgan fingerprint density at radius 1 is 0.457 bits per heavy atom. The molecule has 0 rings (SSSR count). The molecule has 5 heteroatoms. The molecule has 0 saturated carbocycles. The standard InChI is InChI=1S/C41H68O5/c1-3-5-7-9-11-13-15-17-19-20-22-24-26-28-30-32-34-36-41(44)46-38-39(42)37-45-40(43)35-33-31-29-27-25-23-21-18-16-14-12-10-8-6-4-2/h11-14,17-19,21-22,24-25,27,39,42H,3-10,15-16,20,23,26,28-38H2,1-2H3/b13-11-,14-12-,19-17-,21-18-,24-22-,27-25-/t39-/m1/s1. The van der Waals surface area contributed by atoms with Crippen molar-refractivity contribution in [2.24, 2.45) is 0 Å². The van der Waals surface area contributed by atoms with Gasteiger partial charge in [-0.15, -0.1) is 0 Å². The second-order valence-electron chi connectivity index (χ2n) is 12.0. The number of aliphatic hydroxyl groups excluding tert-OH is 1. The second kappa shape index (κ2) is 36.8. The van der Waals surface area contributed by atoms with Crippen LogP contribution in [0.5, 0.6) is 0 Å². The Morgan fingerprint density at radius 3 is 1.15 bits per heavy atom. The van der Waals surface area contributed by atoms with E-state index in [2.05, 4.69) is 86.8 Å². The first kappa shape index (κ1) is 43.3. The maximum atomic E-state index is 11.9. The molecule has 0 bridgehead atoms. The Bertz CT molecular complexity index is 864. The molecular formula is C41H68O5. The van der Waals surface area contributed by atoms with E-state index in [0.29, 0.717) is 12.8 Å². The average molecular weight is 641 g/mol. The summed E-state index contributed by atoms with van der Waals surface area (Å²) in [4.78, 5) is 23.9. The van der Waals surface area contributed by atoms with Gasteiger partial charge in [0, 0.05) is 12.8 Å². The maximum absolute atomic E-state index is 11.9. The Balaban J connectivity index is 3.58. The molecule has 0 saturated heterocycles. The van der Waals surface area contributed by atoms with E-state index in [4.69, 9.17) is 9.47 Å². The average Bonchev–Trinajstić information content (AvgIpc) is 3.06. The summed E-state index contributed by atoms with van der Waals surface area (Å²) in [5, 5.41) is 9.98. The molecule has 1 atom stereocenters. The molecule has 0 fully saturated rings. The number of rotatable bonds is 32. The molecule has 5 nitrogen and oxygen atoms in total. The van der Waals surface area contributed by atoms with E-state index < -0.39 is 6.10 Å². The number of hydrogen-bond donors (Lipinski definition) is 1. The first-order valence-corrected chi connectivity index (χ1v) is 18.5. The molecule has 0 aliphatic carbocycles. The Kier molecular flexibility index (Phi) is 34.7. The van der Waals surface area contributed by atoms with Gasteiger partial charge in [0.2, 0.25) is 0 Å². The lowest BCUT2D eigenvalue weighted by molar-refractivity contribution is -0.152. The molecule has 0 heterocycles. The minimum absolute atomic E-state index is 0.144. The van der Waals surface area contributed by atoms with Gasteiger partial charge in [-0.2, -0.15) is 0 Å². The number of carbonyl (C=O) groups excluding carboxylic acids is 2. The Labute approximate surface area is 283 Å². The van der Waals surface area contributed by atoms with Gasteiger partial charge in [-0.25, -0.2) is 0 Å². The highest BCUT2D eigenvalue weighted by Gasteiger charge is 2.12. The van der Waals surface area contributed by atoms with Crippen LogP contribution >= 0.6 is 0 Å². The van der Waals surface area contributed by atoms with Crippen LogP contribution in [-0.2, 0) is 19.1 Å². The van der Waals surface area contributed by atoms with Crippen molar-refractivity contribution in [2.75, 3.05) is 13.2 Å². The van der Waals surface area contributed by atoms with E-state index in [-0.39, 0.29) is 25.2 Å². The SMILES string of the molecule is CCCCC/C=C\C/C=C\C/C=C\CCCCCCC(=O)OC[C@H](O)COC(=O)CCCC/C=C\C/C=C\C/C=C\CCCCC. The van der Waals surface area contributed by atoms with Crippen LogP contribution in [0, 0.1) is 0 Å². The molecule has 0 aromatic carbocycles. The highest BCUT2D eigenvalue weighted by atomic mass is 16.6. The van der Waals surface area contributed by atoms with Crippen molar-refractivity contribution in [1.82, 2.24) is 0 Å². The van der Waals surface area contributed by atoms with E-state index >= 15 is 0 Å². The maximum Gasteiger partial charge on any atom is 0.305 e. The van der Waals surface area contributed by atoms with Crippen molar-refractivity contribution >= 4 is 11.9 Å². The third-order valence-corrected chi connectivity index (χ3v) is 7.41. The van der Waals surface area contributed by atoms with Crippen LogP contribution in [0.3, 0.4) is 0 Å². The van der Waals surface area contributed by atoms with E-state index in [1.807, 2.05) is 0 Å². The number of unbranched alkanes of at least 4 members (excludes halogenated alkanes) is 12. The van der Waals surface area contributed by atoms with E-state index in [1.54, 1.807) is 0 Å². The molecule has 262 valence electrons. The van der Waals surface area contributed by atoms with Crippen LogP contribution in [0.4, 0.5) is 0 Å². The number of allylic oxidation sites excluding steroid dienone is 12. The molecule has 0 aliphatic rings. The summed E-state index contributed by atoms with van der Waals surface area (Å²) in [5.74, 6) is -0.640. The summed E-state index contributed by atoms with van der Waals surface area (Å²) < 4.78 is 10.3. The zero-order valence-electron chi connectivity index (χ0n) is 29.6. The lowest BCUT2D eigenvalue weighted by Gasteiger charge is -2.12. The molecule has 0 amide bonds. The van der Waals surface area contributed by atoms with Crippen LogP contribution in [0.15, 0.2) is 72.9 Å². The highest BCUT2D eigenvalue weighted by Crippen LogP contribution is 2.08. The van der Waals surface area contributed by atoms with Gasteiger partial charge in [-0.05, 0) is 89.9 Å². The third-order valence-electron chi connectivity index (χ3n) is 7.41. The lowest BCUT2D eigenvalue weighted by atomic mass is 10.1. The number of carbonyl (C=O) groups is 2. The normalized spacial score (nSPS) is 13.0. The van der Waals surface area contributed by atoms with E-state index in [9.17, 15) is 14.7 Å². The highest BCUT2D eigenvalue weighted by molar-refractivity contribution is 5.69. The first-order chi connectivity index (χ1) is 22.6. The molecule has 0 spiro atoms. The summed E-state index contributed by atoms with van der Waals surface area (Å²) in [7, 11) is 0. The van der Waals surface area contributed by atoms with Gasteiger partial charge < -0.3 is 14.6 Å². The van der Waals surface area contributed by atoms with Gasteiger partial charge in [-0.3, -0.25) is 9.59 Å².